The summed E-state index contributed by atoms with van der Waals surface area (Å²) >= 11 is 7.12. The van der Waals surface area contributed by atoms with Gasteiger partial charge in [-0.25, -0.2) is 4.79 Å². The lowest BCUT2D eigenvalue weighted by molar-refractivity contribution is -0.140. The van der Waals surface area contributed by atoms with Gasteiger partial charge in [-0.2, -0.15) is 5.10 Å². The van der Waals surface area contributed by atoms with Crippen LogP contribution in [0.3, 0.4) is 0 Å². The molecule has 7 nitrogen and oxygen atoms in total. The topological polar surface area (TPSA) is 87.5 Å². The summed E-state index contributed by atoms with van der Waals surface area (Å²) in [7, 11) is 2.13. The number of nitrogens with one attached hydrogen (secondary N) is 1. The van der Waals surface area contributed by atoms with Crippen LogP contribution in [0, 0.1) is 0 Å². The van der Waals surface area contributed by atoms with E-state index >= 15 is 0 Å². The fraction of sp³-hybridized carbons (Fsp3) is 0.476. The van der Waals surface area contributed by atoms with E-state index in [1.807, 2.05) is 12.1 Å². The van der Waals surface area contributed by atoms with Crippen molar-refractivity contribution in [2.75, 3.05) is 12.4 Å². The van der Waals surface area contributed by atoms with Crippen molar-refractivity contribution in [3.63, 3.8) is 0 Å². The van der Waals surface area contributed by atoms with Gasteiger partial charge in [-0.1, -0.05) is 35.2 Å². The maximum absolute atomic E-state index is 12.8. The van der Waals surface area contributed by atoms with Crippen molar-refractivity contribution in [3.05, 3.63) is 44.6 Å². The Balaban J connectivity index is 1.79. The second-order valence-electron chi connectivity index (χ2n) is 7.81. The quantitative estimate of drug-likeness (QED) is 0.511. The number of rotatable bonds is 7. The van der Waals surface area contributed by atoms with Gasteiger partial charge in [0.1, 0.15) is 6.04 Å². The minimum absolute atomic E-state index is 0.310. The maximum atomic E-state index is 12.8. The lowest BCUT2D eigenvalue weighted by Crippen LogP contribution is -2.33. The maximum Gasteiger partial charge on any atom is 0.328 e. The molecule has 1 aliphatic rings. The molecule has 1 heterocycles. The number of benzene rings is 1. The zero-order valence-corrected chi connectivity index (χ0v) is 20.2. The van der Waals surface area contributed by atoms with Crippen LogP contribution in [0.15, 0.2) is 33.5 Å². The average molecular weight is 542 g/mol. The van der Waals surface area contributed by atoms with E-state index < -0.39 is 12.0 Å². The van der Waals surface area contributed by atoms with Gasteiger partial charge in [-0.3, -0.25) is 14.4 Å². The third-order valence-electron chi connectivity index (χ3n) is 5.61. The number of anilines is 1. The van der Waals surface area contributed by atoms with Crippen molar-refractivity contribution in [2.45, 2.75) is 57.7 Å². The molecule has 0 radical (unpaired) electrons. The summed E-state index contributed by atoms with van der Waals surface area (Å²) < 4.78 is 2.98. The average Bonchev–Trinajstić information content (AvgIpc) is 3.20. The summed E-state index contributed by atoms with van der Waals surface area (Å²) in [5.74, 6) is -1.34. The molecule has 0 saturated heterocycles. The van der Waals surface area contributed by atoms with Crippen LogP contribution in [-0.4, -0.2) is 44.8 Å². The van der Waals surface area contributed by atoms with Crippen LogP contribution >= 0.6 is 31.9 Å². The Bertz CT molecular complexity index is 925. The number of halogens is 2. The highest BCUT2D eigenvalue weighted by molar-refractivity contribution is 9.11. The predicted molar refractivity (Wildman–Crippen MR) is 123 cm³/mol. The smallest absolute Gasteiger partial charge is 0.328 e. The van der Waals surface area contributed by atoms with Gasteiger partial charge in [-0.05, 0) is 60.4 Å². The molecule has 1 aliphatic carbocycles. The first-order valence-corrected chi connectivity index (χ1v) is 11.6. The molecule has 0 aliphatic heterocycles. The van der Waals surface area contributed by atoms with Crippen LogP contribution in [0.4, 0.5) is 5.69 Å². The van der Waals surface area contributed by atoms with Gasteiger partial charge < -0.3 is 10.4 Å². The number of carbonyl (C=O) groups excluding carboxylic acids is 1. The molecular weight excluding hydrogens is 516 g/mol. The highest BCUT2D eigenvalue weighted by atomic mass is 79.9. The molecule has 1 amide bonds. The molecule has 1 aromatic heterocycles. The Morgan fingerprint density at radius 1 is 1.30 bits per heavy atom. The largest absolute Gasteiger partial charge is 0.480 e. The molecule has 0 spiro atoms. The van der Waals surface area contributed by atoms with Crippen molar-refractivity contribution in [1.29, 1.82) is 0 Å². The number of amides is 1. The van der Waals surface area contributed by atoms with E-state index in [2.05, 4.69) is 54.2 Å². The Labute approximate surface area is 193 Å². The van der Waals surface area contributed by atoms with Crippen LogP contribution in [0.5, 0.6) is 0 Å². The molecule has 3 rings (SSSR count). The Morgan fingerprint density at radius 3 is 2.67 bits per heavy atom. The normalized spacial score (nSPS) is 15.9. The van der Waals surface area contributed by atoms with Crippen molar-refractivity contribution < 1.29 is 14.7 Å². The number of carboxylic acids is 1. The summed E-state index contributed by atoms with van der Waals surface area (Å²) in [6, 6.07) is 3.63. The fourth-order valence-corrected chi connectivity index (χ4v) is 5.19. The first kappa shape index (κ1) is 23.0. The standard InChI is InChI=1S/C21H26Br2N4O3/c1-13(21(29)30)27-12-15(10-24-27)20(28)25-19-14(8-16(22)9-18(19)23)11-26(2)17-6-4-3-5-7-17/h8-10,12-13,17H,3-7,11H2,1-2H3,(H,25,28)(H,29,30). The summed E-state index contributed by atoms with van der Waals surface area (Å²) in [5, 5.41) is 16.1. The van der Waals surface area contributed by atoms with Crippen LogP contribution in [-0.2, 0) is 11.3 Å². The van der Waals surface area contributed by atoms with E-state index in [-0.39, 0.29) is 5.91 Å². The van der Waals surface area contributed by atoms with Crippen molar-refractivity contribution in [3.8, 4) is 0 Å². The highest BCUT2D eigenvalue weighted by Crippen LogP contribution is 2.33. The second-order valence-corrected chi connectivity index (χ2v) is 9.58. The molecule has 1 unspecified atom stereocenters. The van der Waals surface area contributed by atoms with Crippen LogP contribution in [0.1, 0.15) is 61.0 Å². The van der Waals surface area contributed by atoms with Gasteiger partial charge in [0.2, 0.25) is 0 Å². The summed E-state index contributed by atoms with van der Waals surface area (Å²) in [5.41, 5.74) is 2.03. The van der Waals surface area contributed by atoms with Crippen molar-refractivity contribution in [1.82, 2.24) is 14.7 Å². The molecule has 162 valence electrons. The van der Waals surface area contributed by atoms with E-state index in [0.717, 1.165) is 14.5 Å². The number of carboxylic acid groups (broad SMARTS) is 1. The first-order chi connectivity index (χ1) is 14.3. The molecule has 1 aromatic carbocycles. The number of nitrogens with zero attached hydrogens (tertiary/aromatic N) is 3. The van der Waals surface area contributed by atoms with Gasteiger partial charge in [0.05, 0.1) is 17.4 Å². The molecular formula is C21H26Br2N4O3. The molecule has 1 atom stereocenters. The van der Waals surface area contributed by atoms with Crippen molar-refractivity contribution >= 4 is 49.4 Å². The molecule has 2 aromatic rings. The van der Waals surface area contributed by atoms with Gasteiger partial charge in [0.15, 0.2) is 0 Å². The molecule has 1 saturated carbocycles. The van der Waals surface area contributed by atoms with Crippen LogP contribution in [0.2, 0.25) is 0 Å². The summed E-state index contributed by atoms with van der Waals surface area (Å²) in [4.78, 5) is 26.3. The van der Waals surface area contributed by atoms with E-state index in [9.17, 15) is 9.59 Å². The van der Waals surface area contributed by atoms with E-state index in [1.165, 1.54) is 56.1 Å². The monoisotopic (exact) mass is 540 g/mol. The second kappa shape index (κ2) is 10.1. The lowest BCUT2D eigenvalue weighted by Gasteiger charge is -2.32. The van der Waals surface area contributed by atoms with Crippen LogP contribution in [0.25, 0.3) is 0 Å². The zero-order chi connectivity index (χ0) is 21.8. The van der Waals surface area contributed by atoms with E-state index in [4.69, 9.17) is 5.11 Å². The minimum Gasteiger partial charge on any atom is -0.480 e. The Kier molecular flexibility index (Phi) is 7.70. The van der Waals surface area contributed by atoms with E-state index in [0.29, 0.717) is 23.8 Å². The number of aliphatic carboxylic acids is 1. The predicted octanol–water partition coefficient (Wildman–Crippen LogP) is 5.07. The number of carbonyl (C=O) groups is 2. The van der Waals surface area contributed by atoms with Gasteiger partial charge in [0.25, 0.3) is 5.91 Å². The zero-order valence-electron chi connectivity index (χ0n) is 17.1. The van der Waals surface area contributed by atoms with Crippen LogP contribution < -0.4 is 5.32 Å². The van der Waals surface area contributed by atoms with Gasteiger partial charge in [0, 0.05) is 27.7 Å². The molecule has 0 bridgehead atoms. The minimum atomic E-state index is -1.01. The van der Waals surface area contributed by atoms with Gasteiger partial charge >= 0.3 is 5.97 Å². The lowest BCUT2D eigenvalue weighted by atomic mass is 9.94. The summed E-state index contributed by atoms with van der Waals surface area (Å²) in [6.07, 6.45) is 9.08. The first-order valence-electron chi connectivity index (χ1n) is 10.0. The molecule has 2 N–H and O–H groups in total. The van der Waals surface area contributed by atoms with Gasteiger partial charge in [-0.15, -0.1) is 0 Å². The molecule has 1 fully saturated rings. The number of aromatic nitrogens is 2. The Hall–Kier alpha value is -1.71. The number of hydrogen-bond acceptors (Lipinski definition) is 4. The number of hydrogen-bond donors (Lipinski definition) is 2. The van der Waals surface area contributed by atoms with E-state index in [1.54, 1.807) is 0 Å². The third-order valence-corrected chi connectivity index (χ3v) is 6.69. The fourth-order valence-electron chi connectivity index (χ4n) is 3.78. The SMILES string of the molecule is CC(C(=O)O)n1cc(C(=O)Nc2c(Br)cc(Br)cc2CN(C)C2CCCCC2)cn1. The molecule has 30 heavy (non-hydrogen) atoms. The highest BCUT2D eigenvalue weighted by Gasteiger charge is 2.22. The Morgan fingerprint density at radius 2 is 2.00 bits per heavy atom. The van der Waals surface area contributed by atoms with Crippen molar-refractivity contribution in [2.24, 2.45) is 0 Å². The molecule has 9 heteroatoms. The summed E-state index contributed by atoms with van der Waals surface area (Å²) in [6.45, 7) is 2.23. The third kappa shape index (κ3) is 5.50.